The third-order valence-corrected chi connectivity index (χ3v) is 2.85. The Bertz CT molecular complexity index is 579. The number of aromatic nitrogens is 3. The summed E-state index contributed by atoms with van der Waals surface area (Å²) in [6.45, 7) is 3.29. The Kier molecular flexibility index (Phi) is 3.70. The molecular weight excluding hydrogens is 226 g/mol. The van der Waals surface area contributed by atoms with Gasteiger partial charge in [0.15, 0.2) is 0 Å². The molecule has 2 rings (SSSR count). The highest BCUT2D eigenvalue weighted by molar-refractivity contribution is 5.32. The molecule has 1 N–H and O–H groups in total. The van der Waals surface area contributed by atoms with E-state index in [9.17, 15) is 0 Å². The van der Waals surface area contributed by atoms with Gasteiger partial charge in [-0.15, -0.1) is 10.2 Å². The summed E-state index contributed by atoms with van der Waals surface area (Å²) >= 11 is 0. The minimum atomic E-state index is 0.661. The van der Waals surface area contributed by atoms with Crippen molar-refractivity contribution in [2.24, 2.45) is 7.05 Å². The lowest BCUT2D eigenvalue weighted by molar-refractivity contribution is 0.634. The first-order chi connectivity index (χ1) is 8.70. The van der Waals surface area contributed by atoms with E-state index in [1.54, 1.807) is 6.07 Å². The molecule has 0 amide bonds. The highest BCUT2D eigenvalue weighted by Crippen LogP contribution is 2.04. The van der Waals surface area contributed by atoms with Crippen molar-refractivity contribution in [2.75, 3.05) is 0 Å². The molecule has 0 aliphatic rings. The van der Waals surface area contributed by atoms with Crippen LogP contribution in [0.15, 0.2) is 24.3 Å². The zero-order valence-electron chi connectivity index (χ0n) is 10.5. The van der Waals surface area contributed by atoms with E-state index >= 15 is 0 Å². The second-order valence-corrected chi connectivity index (χ2v) is 4.14. The first kappa shape index (κ1) is 12.3. The molecule has 0 atom stereocenters. The molecule has 0 spiro atoms. The monoisotopic (exact) mass is 241 g/mol. The van der Waals surface area contributed by atoms with Gasteiger partial charge in [0.2, 0.25) is 0 Å². The summed E-state index contributed by atoms with van der Waals surface area (Å²) < 4.78 is 1.96. The largest absolute Gasteiger partial charge is 0.317 e. The van der Waals surface area contributed by atoms with Crippen LogP contribution in [0.1, 0.15) is 22.8 Å². The van der Waals surface area contributed by atoms with Gasteiger partial charge in [-0.25, -0.2) is 0 Å². The van der Waals surface area contributed by atoms with Crippen molar-refractivity contribution >= 4 is 0 Å². The van der Waals surface area contributed by atoms with Gasteiger partial charge in [0.05, 0.1) is 18.2 Å². The molecule has 0 saturated heterocycles. The second kappa shape index (κ2) is 5.43. The van der Waals surface area contributed by atoms with E-state index in [4.69, 9.17) is 5.26 Å². The van der Waals surface area contributed by atoms with Crippen LogP contribution in [0.3, 0.4) is 0 Å². The van der Waals surface area contributed by atoms with Gasteiger partial charge in [-0.2, -0.15) is 5.26 Å². The lowest BCUT2D eigenvalue weighted by Gasteiger charge is -2.05. The van der Waals surface area contributed by atoms with E-state index in [1.807, 2.05) is 36.7 Å². The Labute approximate surface area is 106 Å². The van der Waals surface area contributed by atoms with Crippen molar-refractivity contribution in [1.29, 1.82) is 5.26 Å². The Hall–Kier alpha value is -2.19. The fourth-order valence-corrected chi connectivity index (χ4v) is 1.67. The van der Waals surface area contributed by atoms with Crippen molar-refractivity contribution in [3.05, 3.63) is 47.0 Å². The molecule has 1 heterocycles. The van der Waals surface area contributed by atoms with Gasteiger partial charge >= 0.3 is 0 Å². The summed E-state index contributed by atoms with van der Waals surface area (Å²) in [6.07, 6.45) is 0. The predicted molar refractivity (Wildman–Crippen MR) is 67.4 cm³/mol. The van der Waals surface area contributed by atoms with E-state index in [1.165, 1.54) is 0 Å². The van der Waals surface area contributed by atoms with Gasteiger partial charge in [0.1, 0.15) is 11.6 Å². The first-order valence-electron chi connectivity index (χ1n) is 5.75. The van der Waals surface area contributed by atoms with E-state index in [-0.39, 0.29) is 0 Å². The molecule has 92 valence electrons. The number of aryl methyl sites for hydroxylation is 1. The lowest BCUT2D eigenvalue weighted by atomic mass is 10.1. The highest BCUT2D eigenvalue weighted by Gasteiger charge is 2.03. The maximum absolute atomic E-state index is 8.81. The highest BCUT2D eigenvalue weighted by atomic mass is 15.3. The van der Waals surface area contributed by atoms with Crippen molar-refractivity contribution in [2.45, 2.75) is 20.0 Å². The standard InChI is InChI=1S/C13H15N5/c1-10-16-17-13(18(10)2)9-15-8-12-5-3-4-11(6-12)7-14/h3-6,15H,8-9H2,1-2H3. The van der Waals surface area contributed by atoms with Crippen molar-refractivity contribution in [1.82, 2.24) is 20.1 Å². The summed E-state index contributed by atoms with van der Waals surface area (Å²) in [5.74, 6) is 1.81. The molecule has 18 heavy (non-hydrogen) atoms. The van der Waals surface area contributed by atoms with Crippen LogP contribution >= 0.6 is 0 Å². The second-order valence-electron chi connectivity index (χ2n) is 4.14. The van der Waals surface area contributed by atoms with Gasteiger partial charge in [-0.1, -0.05) is 12.1 Å². The summed E-state index contributed by atoms with van der Waals surface area (Å²) in [5, 5.41) is 20.2. The van der Waals surface area contributed by atoms with Crippen LogP contribution in [-0.4, -0.2) is 14.8 Å². The Morgan fingerprint density at radius 1 is 1.33 bits per heavy atom. The van der Waals surface area contributed by atoms with Crippen LogP contribution in [0.4, 0.5) is 0 Å². The molecule has 0 saturated carbocycles. The van der Waals surface area contributed by atoms with E-state index in [0.717, 1.165) is 17.2 Å². The van der Waals surface area contributed by atoms with Crippen LogP contribution in [0.5, 0.6) is 0 Å². The Morgan fingerprint density at radius 2 is 2.17 bits per heavy atom. The minimum Gasteiger partial charge on any atom is -0.317 e. The topological polar surface area (TPSA) is 66.5 Å². The van der Waals surface area contributed by atoms with E-state index < -0.39 is 0 Å². The number of nitrogens with one attached hydrogen (secondary N) is 1. The van der Waals surface area contributed by atoms with Gasteiger partial charge in [-0.3, -0.25) is 0 Å². The molecule has 0 unspecified atom stereocenters. The van der Waals surface area contributed by atoms with Crippen molar-refractivity contribution in [3.8, 4) is 6.07 Å². The average molecular weight is 241 g/mol. The summed E-state index contributed by atoms with van der Waals surface area (Å²) in [6, 6.07) is 9.71. The number of nitrogens with zero attached hydrogens (tertiary/aromatic N) is 4. The smallest absolute Gasteiger partial charge is 0.146 e. The third kappa shape index (κ3) is 2.73. The fraction of sp³-hybridized carbons (Fsp3) is 0.308. The average Bonchev–Trinajstić information content (AvgIpc) is 2.71. The van der Waals surface area contributed by atoms with Crippen molar-refractivity contribution in [3.63, 3.8) is 0 Å². The van der Waals surface area contributed by atoms with E-state index in [0.29, 0.717) is 18.7 Å². The van der Waals surface area contributed by atoms with Gasteiger partial charge < -0.3 is 9.88 Å². The third-order valence-electron chi connectivity index (χ3n) is 2.85. The maximum Gasteiger partial charge on any atom is 0.146 e. The van der Waals surface area contributed by atoms with Crippen LogP contribution in [0.2, 0.25) is 0 Å². The molecule has 0 fully saturated rings. The molecule has 1 aromatic heterocycles. The molecule has 0 radical (unpaired) electrons. The zero-order chi connectivity index (χ0) is 13.0. The maximum atomic E-state index is 8.81. The molecule has 2 aromatic rings. The number of nitriles is 1. The molecule has 5 heteroatoms. The van der Waals surface area contributed by atoms with Crippen LogP contribution in [0, 0.1) is 18.3 Å². The minimum absolute atomic E-state index is 0.661. The van der Waals surface area contributed by atoms with Gasteiger partial charge in [0, 0.05) is 13.6 Å². The summed E-state index contributed by atoms with van der Waals surface area (Å²) in [4.78, 5) is 0. The van der Waals surface area contributed by atoms with Crippen molar-refractivity contribution < 1.29 is 0 Å². The SMILES string of the molecule is Cc1nnc(CNCc2cccc(C#N)c2)n1C. The Morgan fingerprint density at radius 3 is 2.83 bits per heavy atom. The molecule has 1 aromatic carbocycles. The van der Waals surface area contributed by atoms with Gasteiger partial charge in [0.25, 0.3) is 0 Å². The molecule has 0 aliphatic heterocycles. The molecular formula is C13H15N5. The number of benzene rings is 1. The number of hydrogen-bond acceptors (Lipinski definition) is 4. The number of rotatable bonds is 4. The quantitative estimate of drug-likeness (QED) is 0.875. The molecule has 0 aliphatic carbocycles. The van der Waals surface area contributed by atoms with Crippen LogP contribution in [-0.2, 0) is 20.1 Å². The summed E-state index contributed by atoms with van der Waals surface area (Å²) in [7, 11) is 1.95. The normalized spacial score (nSPS) is 10.3. The first-order valence-corrected chi connectivity index (χ1v) is 5.75. The zero-order valence-corrected chi connectivity index (χ0v) is 10.5. The number of hydrogen-bond donors (Lipinski definition) is 1. The van der Waals surface area contributed by atoms with Gasteiger partial charge in [-0.05, 0) is 24.6 Å². The Balaban J connectivity index is 1.92. The van der Waals surface area contributed by atoms with Crippen LogP contribution < -0.4 is 5.32 Å². The lowest BCUT2D eigenvalue weighted by Crippen LogP contribution is -2.16. The predicted octanol–water partition coefficient (Wildman–Crippen LogP) is 1.28. The van der Waals surface area contributed by atoms with Crippen LogP contribution in [0.25, 0.3) is 0 Å². The van der Waals surface area contributed by atoms with E-state index in [2.05, 4.69) is 21.6 Å². The molecule has 5 nitrogen and oxygen atoms in total. The molecule has 0 bridgehead atoms. The fourth-order valence-electron chi connectivity index (χ4n) is 1.67. The summed E-state index contributed by atoms with van der Waals surface area (Å²) in [5.41, 5.74) is 1.77.